The van der Waals surface area contributed by atoms with Gasteiger partial charge in [0.25, 0.3) is 10.0 Å². The molecule has 0 aromatic carbocycles. The number of hydrogen-bond acceptors (Lipinski definition) is 7. The Bertz CT molecular complexity index is 892. The Morgan fingerprint density at radius 3 is 2.63 bits per heavy atom. The largest absolute Gasteiger partial charge is 0.392 e. The van der Waals surface area contributed by atoms with Gasteiger partial charge in [-0.3, -0.25) is 0 Å². The SMILES string of the molecule is CC(C)c1nc(Cl)c2cnc(N)nn12.O=S(=O)(C(F)F)N1CCCC(O)C1. The van der Waals surface area contributed by atoms with E-state index in [-0.39, 0.29) is 25.0 Å². The maximum Gasteiger partial charge on any atom is 0.350 e. The molecule has 0 bridgehead atoms. The van der Waals surface area contributed by atoms with Crippen molar-refractivity contribution in [2.75, 3.05) is 18.8 Å². The number of aliphatic hydroxyl groups is 1. The number of aliphatic hydroxyl groups excluding tert-OH is 1. The fourth-order valence-electron chi connectivity index (χ4n) is 2.52. The van der Waals surface area contributed by atoms with Gasteiger partial charge in [-0.1, -0.05) is 25.4 Å². The number of β-amino-alcohol motifs (C(OH)–C–C–N with tert-alkyl or cyclic N) is 1. The van der Waals surface area contributed by atoms with Crippen LogP contribution in [0.1, 0.15) is 38.4 Å². The van der Waals surface area contributed by atoms with Gasteiger partial charge in [-0.15, -0.1) is 5.10 Å². The molecule has 0 spiro atoms. The molecule has 1 atom stereocenters. The van der Waals surface area contributed by atoms with Crippen molar-refractivity contribution in [2.24, 2.45) is 0 Å². The van der Waals surface area contributed by atoms with E-state index in [1.807, 2.05) is 13.8 Å². The third-order valence-corrected chi connectivity index (χ3v) is 5.63. The summed E-state index contributed by atoms with van der Waals surface area (Å²) >= 11 is 5.92. The Kier molecular flexibility index (Phi) is 6.89. The summed E-state index contributed by atoms with van der Waals surface area (Å²) in [6.45, 7) is 3.89. The van der Waals surface area contributed by atoms with E-state index >= 15 is 0 Å². The Labute approximate surface area is 160 Å². The molecule has 3 rings (SSSR count). The first-order valence-electron chi connectivity index (χ1n) is 8.15. The molecule has 2 aromatic heterocycles. The first-order chi connectivity index (χ1) is 12.5. The van der Waals surface area contributed by atoms with Gasteiger partial charge in [0, 0.05) is 19.0 Å². The van der Waals surface area contributed by atoms with E-state index in [1.54, 1.807) is 10.7 Å². The van der Waals surface area contributed by atoms with Crippen LogP contribution in [-0.4, -0.2) is 62.4 Å². The number of nitrogens with zero attached hydrogens (tertiary/aromatic N) is 5. The van der Waals surface area contributed by atoms with Crippen molar-refractivity contribution < 1.29 is 22.3 Å². The molecule has 1 saturated heterocycles. The Hall–Kier alpha value is -1.63. The number of imidazole rings is 1. The summed E-state index contributed by atoms with van der Waals surface area (Å²) in [6, 6.07) is 0. The average Bonchev–Trinajstić information content (AvgIpc) is 2.91. The van der Waals surface area contributed by atoms with E-state index in [0.29, 0.717) is 27.8 Å². The molecule has 0 amide bonds. The average molecular weight is 427 g/mol. The number of piperidine rings is 1. The van der Waals surface area contributed by atoms with Gasteiger partial charge in [-0.2, -0.15) is 13.1 Å². The summed E-state index contributed by atoms with van der Waals surface area (Å²) in [5, 5.41) is 13.5. The monoisotopic (exact) mass is 426 g/mol. The van der Waals surface area contributed by atoms with Crippen LogP contribution in [0.15, 0.2) is 6.20 Å². The van der Waals surface area contributed by atoms with Crippen molar-refractivity contribution in [2.45, 2.75) is 44.5 Å². The lowest BCUT2D eigenvalue weighted by atomic mass is 10.1. The summed E-state index contributed by atoms with van der Waals surface area (Å²) in [6.07, 6.45) is 1.65. The first-order valence-corrected chi connectivity index (χ1v) is 10.0. The molecule has 3 heterocycles. The third kappa shape index (κ3) is 5.00. The molecule has 13 heteroatoms. The topological polar surface area (TPSA) is 127 Å². The number of sulfonamides is 1. The van der Waals surface area contributed by atoms with Gasteiger partial charge >= 0.3 is 5.76 Å². The first kappa shape index (κ1) is 21.7. The van der Waals surface area contributed by atoms with Crippen molar-refractivity contribution in [1.82, 2.24) is 23.9 Å². The Morgan fingerprint density at radius 1 is 1.41 bits per heavy atom. The van der Waals surface area contributed by atoms with Crippen LogP contribution >= 0.6 is 11.6 Å². The molecule has 2 aromatic rings. The second-order valence-corrected chi connectivity index (χ2v) is 8.55. The van der Waals surface area contributed by atoms with Gasteiger partial charge in [0.05, 0.1) is 12.3 Å². The van der Waals surface area contributed by atoms with Gasteiger partial charge in [0.15, 0.2) is 5.15 Å². The van der Waals surface area contributed by atoms with Gasteiger partial charge in [-0.05, 0) is 12.8 Å². The van der Waals surface area contributed by atoms with Crippen LogP contribution in [0.4, 0.5) is 14.7 Å². The van der Waals surface area contributed by atoms with E-state index in [2.05, 4.69) is 15.1 Å². The molecule has 1 aliphatic heterocycles. The van der Waals surface area contributed by atoms with Crippen LogP contribution in [0.25, 0.3) is 5.52 Å². The maximum absolute atomic E-state index is 12.0. The number of anilines is 1. The lowest BCUT2D eigenvalue weighted by Gasteiger charge is -2.28. The number of nitrogens with two attached hydrogens (primary N) is 1. The zero-order valence-corrected chi connectivity index (χ0v) is 16.3. The van der Waals surface area contributed by atoms with Gasteiger partial charge in [-0.25, -0.2) is 22.9 Å². The number of rotatable bonds is 3. The quantitative estimate of drug-likeness (QED) is 0.760. The van der Waals surface area contributed by atoms with Crippen LogP contribution in [0.2, 0.25) is 5.15 Å². The van der Waals surface area contributed by atoms with Gasteiger partial charge in [0.1, 0.15) is 11.3 Å². The number of alkyl halides is 2. The summed E-state index contributed by atoms with van der Waals surface area (Å²) < 4.78 is 48.1. The molecule has 0 radical (unpaired) electrons. The highest BCUT2D eigenvalue weighted by molar-refractivity contribution is 7.89. The van der Waals surface area contributed by atoms with Gasteiger partial charge in [0.2, 0.25) is 5.95 Å². The van der Waals surface area contributed by atoms with Crippen molar-refractivity contribution >= 4 is 33.1 Å². The standard InChI is InChI=1S/C8H10ClN5.C6H11F2NO3S/c1-4(2)7-12-6(9)5-3-11-8(10)13-14(5)7;7-6(8)13(11,12)9-3-1-2-5(10)4-9/h3-4H,1-2H3,(H2,10,13);5-6,10H,1-4H2. The van der Waals surface area contributed by atoms with Crippen LogP contribution in [0.5, 0.6) is 0 Å². The second-order valence-electron chi connectivity index (χ2n) is 6.29. The number of halogens is 3. The fraction of sp³-hybridized carbons (Fsp3) is 0.643. The zero-order chi connectivity index (χ0) is 20.4. The van der Waals surface area contributed by atoms with Crippen LogP contribution in [0.3, 0.4) is 0 Å². The molecule has 27 heavy (non-hydrogen) atoms. The van der Waals surface area contributed by atoms with E-state index in [4.69, 9.17) is 22.4 Å². The highest BCUT2D eigenvalue weighted by Gasteiger charge is 2.34. The summed E-state index contributed by atoms with van der Waals surface area (Å²) in [4.78, 5) is 8.06. The Morgan fingerprint density at radius 2 is 2.07 bits per heavy atom. The molecule has 1 unspecified atom stereocenters. The molecule has 0 saturated carbocycles. The molecule has 1 aliphatic rings. The molecule has 0 aliphatic carbocycles. The normalized spacial score (nSPS) is 18.7. The molecular weight excluding hydrogens is 406 g/mol. The number of nitrogen functional groups attached to an aromatic ring is 1. The smallest absolute Gasteiger partial charge is 0.350 e. The number of hydrogen-bond donors (Lipinski definition) is 2. The lowest BCUT2D eigenvalue weighted by Crippen LogP contribution is -2.44. The lowest BCUT2D eigenvalue weighted by molar-refractivity contribution is 0.103. The number of aromatic nitrogens is 4. The minimum absolute atomic E-state index is 0.0731. The van der Waals surface area contributed by atoms with Crippen LogP contribution < -0.4 is 5.73 Å². The van der Waals surface area contributed by atoms with Crippen LogP contribution in [-0.2, 0) is 10.0 Å². The summed E-state index contributed by atoms with van der Waals surface area (Å²) in [5.74, 6) is -2.14. The minimum atomic E-state index is -4.49. The summed E-state index contributed by atoms with van der Waals surface area (Å²) in [5.41, 5.74) is 6.17. The summed E-state index contributed by atoms with van der Waals surface area (Å²) in [7, 11) is -4.49. The van der Waals surface area contributed by atoms with E-state index in [0.717, 1.165) is 5.82 Å². The third-order valence-electron chi connectivity index (χ3n) is 3.85. The van der Waals surface area contributed by atoms with E-state index in [9.17, 15) is 17.2 Å². The predicted molar refractivity (Wildman–Crippen MR) is 96.0 cm³/mol. The maximum atomic E-state index is 12.0. The molecule has 1 fully saturated rings. The molecular formula is C14H21ClF2N6O3S. The van der Waals surface area contributed by atoms with Gasteiger partial charge < -0.3 is 10.8 Å². The molecule has 9 nitrogen and oxygen atoms in total. The predicted octanol–water partition coefficient (Wildman–Crippen LogP) is 1.48. The Balaban J connectivity index is 0.000000194. The second kappa shape index (κ2) is 8.59. The van der Waals surface area contributed by atoms with E-state index in [1.165, 1.54) is 0 Å². The van der Waals surface area contributed by atoms with Crippen molar-refractivity contribution in [1.29, 1.82) is 0 Å². The van der Waals surface area contributed by atoms with Crippen molar-refractivity contribution in [3.05, 3.63) is 17.2 Å². The molecule has 3 N–H and O–H groups in total. The van der Waals surface area contributed by atoms with Crippen molar-refractivity contribution in [3.8, 4) is 0 Å². The fourth-order valence-corrected chi connectivity index (χ4v) is 3.73. The number of fused-ring (bicyclic) bond motifs is 1. The minimum Gasteiger partial charge on any atom is -0.392 e. The highest BCUT2D eigenvalue weighted by atomic mass is 35.5. The van der Waals surface area contributed by atoms with Crippen LogP contribution in [0, 0.1) is 0 Å². The molecule has 152 valence electrons. The zero-order valence-electron chi connectivity index (χ0n) is 14.8. The highest BCUT2D eigenvalue weighted by Crippen LogP contribution is 2.21. The van der Waals surface area contributed by atoms with E-state index < -0.39 is 21.9 Å². The van der Waals surface area contributed by atoms with Crippen molar-refractivity contribution in [3.63, 3.8) is 0 Å².